The summed E-state index contributed by atoms with van der Waals surface area (Å²) in [5, 5.41) is 14.3. The van der Waals surface area contributed by atoms with Crippen molar-refractivity contribution in [1.82, 2.24) is 5.32 Å². The van der Waals surface area contributed by atoms with Crippen LogP contribution in [0.15, 0.2) is 16.5 Å². The summed E-state index contributed by atoms with van der Waals surface area (Å²) in [6.07, 6.45) is 1.20. The van der Waals surface area contributed by atoms with E-state index < -0.39 is 5.97 Å². The zero-order valence-electron chi connectivity index (χ0n) is 10.5. The maximum atomic E-state index is 11.4. The molecule has 0 bridgehead atoms. The highest BCUT2D eigenvalue weighted by Gasteiger charge is 2.09. The van der Waals surface area contributed by atoms with E-state index in [2.05, 4.69) is 10.6 Å². The summed E-state index contributed by atoms with van der Waals surface area (Å²) >= 11 is 0. The highest BCUT2D eigenvalue weighted by molar-refractivity contribution is 5.84. The predicted octanol–water partition coefficient (Wildman–Crippen LogP) is 1.69. The lowest BCUT2D eigenvalue weighted by Crippen LogP contribution is -2.32. The van der Waals surface area contributed by atoms with Crippen LogP contribution in [0.25, 0.3) is 0 Å². The van der Waals surface area contributed by atoms with E-state index in [0.717, 1.165) is 6.42 Å². The smallest absolute Gasteiger partial charge is 0.371 e. The number of furan rings is 1. The van der Waals surface area contributed by atoms with Crippen LogP contribution in [0, 0.1) is 0 Å². The second-order valence-electron chi connectivity index (χ2n) is 4.02. The molecule has 1 heterocycles. The number of anilines is 1. The van der Waals surface area contributed by atoms with Gasteiger partial charge in [-0.25, -0.2) is 4.79 Å². The molecule has 1 aromatic rings. The molecule has 1 unspecified atom stereocenters. The van der Waals surface area contributed by atoms with Gasteiger partial charge in [0.25, 0.3) is 0 Å². The third-order valence-corrected chi connectivity index (χ3v) is 2.49. The molecule has 1 aromatic heterocycles. The lowest BCUT2D eigenvalue weighted by atomic mass is 10.2. The van der Waals surface area contributed by atoms with Gasteiger partial charge in [-0.2, -0.15) is 0 Å². The molecule has 0 aliphatic carbocycles. The summed E-state index contributed by atoms with van der Waals surface area (Å²) in [6.45, 7) is 4.34. The van der Waals surface area contributed by atoms with E-state index in [4.69, 9.17) is 9.52 Å². The van der Waals surface area contributed by atoms with E-state index in [1.54, 1.807) is 0 Å². The molecule has 6 nitrogen and oxygen atoms in total. The van der Waals surface area contributed by atoms with E-state index in [1.165, 1.54) is 12.1 Å². The Bertz CT molecular complexity index is 414. The van der Waals surface area contributed by atoms with E-state index in [9.17, 15) is 9.59 Å². The molecular weight excluding hydrogens is 236 g/mol. The number of carboxylic acid groups (broad SMARTS) is 1. The van der Waals surface area contributed by atoms with Crippen molar-refractivity contribution in [1.29, 1.82) is 0 Å². The van der Waals surface area contributed by atoms with Crippen LogP contribution in [0.3, 0.4) is 0 Å². The van der Waals surface area contributed by atoms with E-state index in [0.29, 0.717) is 18.8 Å². The molecule has 6 heteroatoms. The Morgan fingerprint density at radius 3 is 2.72 bits per heavy atom. The molecule has 0 aliphatic rings. The van der Waals surface area contributed by atoms with E-state index in [1.807, 2.05) is 13.8 Å². The molecule has 0 spiro atoms. The van der Waals surface area contributed by atoms with Crippen LogP contribution in [0.1, 0.15) is 37.2 Å². The van der Waals surface area contributed by atoms with Crippen molar-refractivity contribution in [2.24, 2.45) is 0 Å². The summed E-state index contributed by atoms with van der Waals surface area (Å²) in [7, 11) is 0. The number of carbonyl (C=O) groups excluding carboxylic acids is 1. The van der Waals surface area contributed by atoms with Crippen LogP contribution in [-0.4, -0.2) is 29.6 Å². The number of carbonyl (C=O) groups is 2. The summed E-state index contributed by atoms with van der Waals surface area (Å²) in [4.78, 5) is 22.0. The SMILES string of the molecule is CCC(C)NC(=O)CCNc1ccc(C(=O)O)o1. The van der Waals surface area contributed by atoms with Crippen molar-refractivity contribution >= 4 is 17.8 Å². The molecule has 0 fully saturated rings. The van der Waals surface area contributed by atoms with Gasteiger partial charge in [-0.1, -0.05) is 6.92 Å². The zero-order chi connectivity index (χ0) is 13.5. The van der Waals surface area contributed by atoms with Gasteiger partial charge >= 0.3 is 5.97 Å². The maximum Gasteiger partial charge on any atom is 0.371 e. The van der Waals surface area contributed by atoms with Gasteiger partial charge in [-0.15, -0.1) is 0 Å². The summed E-state index contributed by atoms with van der Waals surface area (Å²) in [6, 6.07) is 3.06. The van der Waals surface area contributed by atoms with Crippen molar-refractivity contribution in [3.05, 3.63) is 17.9 Å². The molecule has 100 valence electrons. The molecule has 1 amide bonds. The number of hydrogen-bond acceptors (Lipinski definition) is 4. The standard InChI is InChI=1S/C12H18N2O4/c1-3-8(2)14-10(15)6-7-13-11-5-4-9(18-11)12(16)17/h4-5,8,13H,3,6-7H2,1-2H3,(H,14,15)(H,16,17). The lowest BCUT2D eigenvalue weighted by Gasteiger charge is -2.11. The summed E-state index contributed by atoms with van der Waals surface area (Å²) in [5.41, 5.74) is 0. The summed E-state index contributed by atoms with van der Waals surface area (Å²) < 4.78 is 4.99. The van der Waals surface area contributed by atoms with Crippen LogP contribution in [0.4, 0.5) is 5.88 Å². The summed E-state index contributed by atoms with van der Waals surface area (Å²) in [5.74, 6) is -0.926. The topological polar surface area (TPSA) is 91.6 Å². The Hall–Kier alpha value is -1.98. The highest BCUT2D eigenvalue weighted by Crippen LogP contribution is 2.12. The van der Waals surface area contributed by atoms with Gasteiger partial charge in [0, 0.05) is 25.1 Å². The normalized spacial score (nSPS) is 11.9. The third-order valence-electron chi connectivity index (χ3n) is 2.49. The molecule has 0 aromatic carbocycles. The van der Waals surface area contributed by atoms with Crippen LogP contribution in [-0.2, 0) is 4.79 Å². The van der Waals surface area contributed by atoms with Crippen molar-refractivity contribution in [2.45, 2.75) is 32.7 Å². The quantitative estimate of drug-likeness (QED) is 0.688. The minimum absolute atomic E-state index is 0.0399. The van der Waals surface area contributed by atoms with Gasteiger partial charge in [0.15, 0.2) is 5.88 Å². The van der Waals surface area contributed by atoms with Crippen molar-refractivity contribution in [3.8, 4) is 0 Å². The molecule has 1 atom stereocenters. The Labute approximate surface area is 105 Å². The van der Waals surface area contributed by atoms with Gasteiger partial charge < -0.3 is 20.2 Å². The fourth-order valence-corrected chi connectivity index (χ4v) is 1.30. The number of nitrogens with one attached hydrogen (secondary N) is 2. The number of aromatic carboxylic acids is 1. The molecule has 0 saturated heterocycles. The Morgan fingerprint density at radius 2 is 2.17 bits per heavy atom. The second-order valence-corrected chi connectivity index (χ2v) is 4.02. The van der Waals surface area contributed by atoms with Crippen molar-refractivity contribution < 1.29 is 19.1 Å². The molecule has 18 heavy (non-hydrogen) atoms. The minimum atomic E-state index is -1.11. The zero-order valence-corrected chi connectivity index (χ0v) is 10.5. The fourth-order valence-electron chi connectivity index (χ4n) is 1.30. The maximum absolute atomic E-state index is 11.4. The van der Waals surface area contributed by atoms with Gasteiger partial charge in [0.05, 0.1) is 0 Å². The van der Waals surface area contributed by atoms with Crippen LogP contribution >= 0.6 is 0 Å². The molecule has 0 saturated carbocycles. The van der Waals surface area contributed by atoms with E-state index in [-0.39, 0.29) is 17.7 Å². The Balaban J connectivity index is 2.28. The first-order valence-corrected chi connectivity index (χ1v) is 5.89. The molecule has 0 aliphatic heterocycles. The van der Waals surface area contributed by atoms with Gasteiger partial charge in [0.1, 0.15) is 0 Å². The Kier molecular flexibility index (Phi) is 5.23. The first-order chi connectivity index (χ1) is 8.52. The monoisotopic (exact) mass is 254 g/mol. The minimum Gasteiger partial charge on any atom is -0.475 e. The van der Waals surface area contributed by atoms with Crippen LogP contribution in [0.5, 0.6) is 0 Å². The molecule has 0 radical (unpaired) electrons. The van der Waals surface area contributed by atoms with E-state index >= 15 is 0 Å². The average molecular weight is 254 g/mol. The lowest BCUT2D eigenvalue weighted by molar-refractivity contribution is -0.121. The van der Waals surface area contributed by atoms with Gasteiger partial charge in [-0.05, 0) is 19.4 Å². The van der Waals surface area contributed by atoms with Crippen molar-refractivity contribution in [2.75, 3.05) is 11.9 Å². The molecule has 1 rings (SSSR count). The first-order valence-electron chi connectivity index (χ1n) is 5.89. The second kappa shape index (κ2) is 6.68. The largest absolute Gasteiger partial charge is 0.475 e. The number of amides is 1. The third kappa shape index (κ3) is 4.48. The van der Waals surface area contributed by atoms with Crippen LogP contribution < -0.4 is 10.6 Å². The molecule has 3 N–H and O–H groups in total. The number of carboxylic acids is 1. The average Bonchev–Trinajstić information content (AvgIpc) is 2.77. The van der Waals surface area contributed by atoms with Gasteiger partial charge in [-0.3, -0.25) is 4.79 Å². The first kappa shape index (κ1) is 14.1. The number of rotatable bonds is 7. The van der Waals surface area contributed by atoms with Crippen LogP contribution in [0.2, 0.25) is 0 Å². The fraction of sp³-hybridized carbons (Fsp3) is 0.500. The highest BCUT2D eigenvalue weighted by atomic mass is 16.4. The molecular formula is C12H18N2O4. The van der Waals surface area contributed by atoms with Gasteiger partial charge in [0.2, 0.25) is 11.7 Å². The number of hydrogen-bond donors (Lipinski definition) is 3. The van der Waals surface area contributed by atoms with Crippen molar-refractivity contribution in [3.63, 3.8) is 0 Å². The predicted molar refractivity (Wildman–Crippen MR) is 66.7 cm³/mol. The Morgan fingerprint density at radius 1 is 1.44 bits per heavy atom.